The number of ether oxygens (including phenoxy) is 2. The third-order valence-corrected chi connectivity index (χ3v) is 5.35. The van der Waals surface area contributed by atoms with Gasteiger partial charge in [-0.25, -0.2) is 14.7 Å². The van der Waals surface area contributed by atoms with Crippen molar-refractivity contribution in [2.24, 2.45) is 4.99 Å². The molecular weight excluding hydrogens is 458 g/mol. The second-order valence-electron chi connectivity index (χ2n) is 7.68. The van der Waals surface area contributed by atoms with Crippen molar-refractivity contribution >= 4 is 39.7 Å². The first-order chi connectivity index (χ1) is 16.9. The van der Waals surface area contributed by atoms with E-state index in [1.807, 2.05) is 30.0 Å². The van der Waals surface area contributed by atoms with Gasteiger partial charge >= 0.3 is 12.6 Å². The van der Waals surface area contributed by atoms with Gasteiger partial charge in [0.2, 0.25) is 5.91 Å². The van der Waals surface area contributed by atoms with Crippen LogP contribution in [-0.2, 0) is 0 Å². The number of halogens is 2. The summed E-state index contributed by atoms with van der Waals surface area (Å²) in [7, 11) is 0. The third kappa shape index (κ3) is 4.52. The van der Waals surface area contributed by atoms with E-state index in [9.17, 15) is 13.6 Å². The van der Waals surface area contributed by atoms with E-state index in [2.05, 4.69) is 19.8 Å². The van der Waals surface area contributed by atoms with Crippen LogP contribution in [-0.4, -0.2) is 51.1 Å². The van der Waals surface area contributed by atoms with Crippen LogP contribution >= 0.6 is 0 Å². The standard InChI is InChI=1S/C24H20F2N6O3/c1-3-34-24-27-11-20-22(29-24)31(17-5-7-18(8-6-17)35-23(25)26)13-21(28-20)15-4-9-19-16(10-15)12-32(30-19)14(2)33/h4-12,23H,3,13H2,1-2H3. The topological polar surface area (TPSA) is 94.7 Å². The Balaban J connectivity index is 1.56. The summed E-state index contributed by atoms with van der Waals surface area (Å²) in [6.45, 7) is 1.13. The minimum Gasteiger partial charge on any atom is -0.464 e. The van der Waals surface area contributed by atoms with E-state index in [1.165, 1.54) is 23.7 Å². The van der Waals surface area contributed by atoms with Crippen molar-refractivity contribution in [1.82, 2.24) is 19.7 Å². The predicted octanol–water partition coefficient (Wildman–Crippen LogP) is 4.76. The van der Waals surface area contributed by atoms with E-state index in [4.69, 9.17) is 9.73 Å². The highest BCUT2D eigenvalue weighted by atomic mass is 19.3. The zero-order valence-electron chi connectivity index (χ0n) is 18.9. The van der Waals surface area contributed by atoms with Crippen LogP contribution in [0.15, 0.2) is 59.9 Å². The minimum atomic E-state index is -2.90. The average molecular weight is 478 g/mol. The van der Waals surface area contributed by atoms with Gasteiger partial charge < -0.3 is 14.4 Å². The van der Waals surface area contributed by atoms with Crippen molar-refractivity contribution < 1.29 is 23.0 Å². The molecule has 2 aromatic carbocycles. The molecule has 0 N–H and O–H groups in total. The summed E-state index contributed by atoms with van der Waals surface area (Å²) in [6, 6.07) is 12.1. The molecule has 1 aliphatic rings. The largest absolute Gasteiger partial charge is 0.464 e. The number of carbonyl (C=O) groups is 1. The van der Waals surface area contributed by atoms with Gasteiger partial charge in [-0.2, -0.15) is 18.9 Å². The summed E-state index contributed by atoms with van der Waals surface area (Å²) in [5, 5.41) is 5.07. The van der Waals surface area contributed by atoms with Crippen molar-refractivity contribution in [2.75, 3.05) is 18.1 Å². The summed E-state index contributed by atoms with van der Waals surface area (Å²) >= 11 is 0. The molecule has 11 heteroatoms. The number of fused-ring (bicyclic) bond motifs is 2. The quantitative estimate of drug-likeness (QED) is 0.394. The van der Waals surface area contributed by atoms with Crippen molar-refractivity contribution in [3.05, 3.63) is 60.4 Å². The SMILES string of the molecule is CCOc1ncc2c(n1)N(c1ccc(OC(F)F)cc1)CC(c1ccc3nn(C(C)=O)cc3c1)=N2. The Labute approximate surface area is 198 Å². The molecule has 0 radical (unpaired) electrons. The molecule has 0 spiro atoms. The minimum absolute atomic E-state index is 0.0560. The number of anilines is 2. The second-order valence-corrected chi connectivity index (χ2v) is 7.68. The van der Waals surface area contributed by atoms with Crippen LogP contribution in [0, 0.1) is 0 Å². The molecule has 1 aliphatic heterocycles. The van der Waals surface area contributed by atoms with Crippen molar-refractivity contribution in [2.45, 2.75) is 20.5 Å². The summed E-state index contributed by atoms with van der Waals surface area (Å²) < 4.78 is 36.4. The molecule has 9 nitrogen and oxygen atoms in total. The normalized spacial score (nSPS) is 13.1. The van der Waals surface area contributed by atoms with E-state index < -0.39 is 6.61 Å². The number of aliphatic imine (C=N–C) groups is 1. The van der Waals surface area contributed by atoms with E-state index in [0.717, 1.165) is 16.7 Å². The molecule has 0 aliphatic carbocycles. The molecule has 3 heterocycles. The van der Waals surface area contributed by atoms with Gasteiger partial charge in [0.05, 0.1) is 30.6 Å². The molecular formula is C24H20F2N6O3. The van der Waals surface area contributed by atoms with E-state index in [-0.39, 0.29) is 17.7 Å². The molecule has 5 rings (SSSR count). The first-order valence-electron chi connectivity index (χ1n) is 10.8. The number of aromatic nitrogens is 4. The fourth-order valence-electron chi connectivity index (χ4n) is 3.78. The number of rotatable bonds is 6. The first-order valence-corrected chi connectivity index (χ1v) is 10.8. The van der Waals surface area contributed by atoms with E-state index in [0.29, 0.717) is 35.9 Å². The zero-order chi connectivity index (χ0) is 24.5. The van der Waals surface area contributed by atoms with Gasteiger partial charge in [0, 0.05) is 24.2 Å². The van der Waals surface area contributed by atoms with Crippen LogP contribution in [0.4, 0.5) is 26.0 Å². The number of benzene rings is 2. The van der Waals surface area contributed by atoms with Gasteiger partial charge in [0.1, 0.15) is 11.4 Å². The molecule has 0 amide bonds. The van der Waals surface area contributed by atoms with Crippen LogP contribution in [0.1, 0.15) is 24.2 Å². The van der Waals surface area contributed by atoms with Gasteiger partial charge in [-0.15, -0.1) is 0 Å². The zero-order valence-corrected chi connectivity index (χ0v) is 18.9. The maximum Gasteiger partial charge on any atom is 0.387 e. The number of hydrogen-bond donors (Lipinski definition) is 0. The molecule has 0 atom stereocenters. The smallest absolute Gasteiger partial charge is 0.387 e. The predicted molar refractivity (Wildman–Crippen MR) is 126 cm³/mol. The Morgan fingerprint density at radius 2 is 1.97 bits per heavy atom. The van der Waals surface area contributed by atoms with Crippen LogP contribution in [0.2, 0.25) is 0 Å². The lowest BCUT2D eigenvalue weighted by Crippen LogP contribution is -2.30. The molecule has 0 fully saturated rings. The maximum absolute atomic E-state index is 12.6. The van der Waals surface area contributed by atoms with Crippen LogP contribution < -0.4 is 14.4 Å². The molecule has 4 aromatic rings. The lowest BCUT2D eigenvalue weighted by atomic mass is 10.1. The number of carbonyl (C=O) groups excluding carboxylic acids is 1. The molecule has 0 unspecified atom stereocenters. The van der Waals surface area contributed by atoms with Crippen LogP contribution in [0.3, 0.4) is 0 Å². The Bertz CT molecular complexity index is 1440. The highest BCUT2D eigenvalue weighted by molar-refractivity contribution is 6.09. The van der Waals surface area contributed by atoms with Gasteiger partial charge in [-0.05, 0) is 48.9 Å². The van der Waals surface area contributed by atoms with Gasteiger partial charge in [0.15, 0.2) is 5.82 Å². The summed E-state index contributed by atoms with van der Waals surface area (Å²) in [5.41, 5.74) is 3.49. The third-order valence-electron chi connectivity index (χ3n) is 5.35. The van der Waals surface area contributed by atoms with E-state index in [1.54, 1.807) is 24.5 Å². The van der Waals surface area contributed by atoms with E-state index >= 15 is 0 Å². The fraction of sp³-hybridized carbons (Fsp3) is 0.208. The van der Waals surface area contributed by atoms with Crippen molar-refractivity contribution in [3.63, 3.8) is 0 Å². The highest BCUT2D eigenvalue weighted by Gasteiger charge is 2.25. The lowest BCUT2D eigenvalue weighted by Gasteiger charge is -2.29. The highest BCUT2D eigenvalue weighted by Crippen LogP contribution is 2.37. The van der Waals surface area contributed by atoms with Gasteiger partial charge in [0.25, 0.3) is 0 Å². The molecule has 178 valence electrons. The Morgan fingerprint density at radius 1 is 1.17 bits per heavy atom. The number of hydrogen-bond acceptors (Lipinski definition) is 8. The Kier molecular flexibility index (Phi) is 5.81. The fourth-order valence-corrected chi connectivity index (χ4v) is 3.78. The monoisotopic (exact) mass is 478 g/mol. The molecule has 35 heavy (non-hydrogen) atoms. The van der Waals surface area contributed by atoms with Crippen LogP contribution in [0.25, 0.3) is 10.9 Å². The summed E-state index contributed by atoms with van der Waals surface area (Å²) in [4.78, 5) is 27.1. The van der Waals surface area contributed by atoms with Crippen LogP contribution in [0.5, 0.6) is 11.8 Å². The maximum atomic E-state index is 12.6. The van der Waals surface area contributed by atoms with Gasteiger partial charge in [-0.3, -0.25) is 4.79 Å². The summed E-state index contributed by atoms with van der Waals surface area (Å²) in [6.07, 6.45) is 3.26. The second kappa shape index (κ2) is 9.09. The van der Waals surface area contributed by atoms with Crippen molar-refractivity contribution in [1.29, 1.82) is 0 Å². The summed E-state index contributed by atoms with van der Waals surface area (Å²) in [5.74, 6) is 0.403. The number of alkyl halides is 2. The Morgan fingerprint density at radius 3 is 2.69 bits per heavy atom. The van der Waals surface area contributed by atoms with Gasteiger partial charge in [-0.1, -0.05) is 6.07 Å². The first kappa shape index (κ1) is 22.4. The number of nitrogens with zero attached hydrogens (tertiary/aromatic N) is 6. The molecule has 0 saturated heterocycles. The average Bonchev–Trinajstić information content (AvgIpc) is 3.28. The lowest BCUT2D eigenvalue weighted by molar-refractivity contribution is -0.0498. The van der Waals surface area contributed by atoms with Crippen molar-refractivity contribution in [3.8, 4) is 11.8 Å². The molecule has 0 bridgehead atoms. The molecule has 2 aromatic heterocycles. The molecule has 0 saturated carbocycles. The Hall–Kier alpha value is -4.41.